The van der Waals surface area contributed by atoms with Gasteiger partial charge in [0.25, 0.3) is 5.56 Å². The number of halogens is 1. The van der Waals surface area contributed by atoms with Crippen LogP contribution in [0, 0.1) is 0 Å². The Morgan fingerprint density at radius 1 is 1.21 bits per heavy atom. The van der Waals surface area contributed by atoms with Gasteiger partial charge in [0.1, 0.15) is 5.75 Å². The van der Waals surface area contributed by atoms with E-state index in [1.165, 1.54) is 10.9 Å². The van der Waals surface area contributed by atoms with E-state index in [9.17, 15) is 9.59 Å². The van der Waals surface area contributed by atoms with Crippen molar-refractivity contribution in [3.05, 3.63) is 69.2 Å². The number of aryl methyl sites for hydroxylation is 1. The molecule has 7 heteroatoms. The molecule has 1 heterocycles. The zero-order chi connectivity index (χ0) is 20.1. The van der Waals surface area contributed by atoms with Crippen molar-refractivity contribution in [2.45, 2.75) is 39.5 Å². The summed E-state index contributed by atoms with van der Waals surface area (Å²) in [6.45, 7) is 4.66. The van der Waals surface area contributed by atoms with Crippen LogP contribution in [0.15, 0.2) is 58.1 Å². The number of nitrogens with one attached hydrogen (secondary N) is 1. The molecule has 0 bridgehead atoms. The fraction of sp³-hybridized carbons (Fsp3) is 0.286. The van der Waals surface area contributed by atoms with Gasteiger partial charge in [0.15, 0.2) is 0 Å². The molecule has 3 aromatic rings. The average Bonchev–Trinajstić information content (AvgIpc) is 2.67. The van der Waals surface area contributed by atoms with Crippen LogP contribution in [0.1, 0.15) is 25.8 Å². The van der Waals surface area contributed by atoms with Crippen LogP contribution in [0.25, 0.3) is 10.9 Å². The second-order valence-electron chi connectivity index (χ2n) is 6.74. The van der Waals surface area contributed by atoms with Gasteiger partial charge in [-0.3, -0.25) is 14.2 Å². The molecule has 1 N–H and O–H groups in total. The molecule has 0 spiro atoms. The van der Waals surface area contributed by atoms with Crippen molar-refractivity contribution < 1.29 is 9.53 Å². The number of fused-ring (bicyclic) bond motifs is 1. The fourth-order valence-electron chi connectivity index (χ4n) is 2.76. The first-order valence-electron chi connectivity index (χ1n) is 9.09. The van der Waals surface area contributed by atoms with Gasteiger partial charge in [-0.25, -0.2) is 4.98 Å². The average molecular weight is 444 g/mol. The number of hydrogen-bond donors (Lipinski definition) is 1. The number of nitrogens with zero attached hydrogens (tertiary/aromatic N) is 2. The normalized spacial score (nSPS) is 11.0. The summed E-state index contributed by atoms with van der Waals surface area (Å²) in [5, 5.41) is 3.40. The molecule has 6 nitrogen and oxygen atoms in total. The Hall–Kier alpha value is -2.67. The van der Waals surface area contributed by atoms with Gasteiger partial charge < -0.3 is 10.1 Å². The van der Waals surface area contributed by atoms with Crippen LogP contribution < -0.4 is 15.6 Å². The van der Waals surface area contributed by atoms with Crippen molar-refractivity contribution in [1.29, 1.82) is 0 Å². The summed E-state index contributed by atoms with van der Waals surface area (Å²) in [5.74, 6) is 0.684. The molecule has 0 aliphatic heterocycles. The molecule has 0 saturated heterocycles. The molecule has 0 unspecified atom stereocenters. The predicted octanol–water partition coefficient (Wildman–Crippen LogP) is 3.65. The zero-order valence-corrected chi connectivity index (χ0v) is 17.4. The van der Waals surface area contributed by atoms with Crippen molar-refractivity contribution in [1.82, 2.24) is 14.9 Å². The highest BCUT2D eigenvalue weighted by Crippen LogP contribution is 2.15. The lowest BCUT2D eigenvalue weighted by Gasteiger charge is -2.11. The molecule has 0 aliphatic carbocycles. The van der Waals surface area contributed by atoms with E-state index >= 15 is 0 Å². The highest BCUT2D eigenvalue weighted by atomic mass is 79.9. The Kier molecular flexibility index (Phi) is 6.46. The lowest BCUT2D eigenvalue weighted by Crippen LogP contribution is -2.27. The van der Waals surface area contributed by atoms with Crippen LogP contribution in [0.3, 0.4) is 0 Å². The van der Waals surface area contributed by atoms with Crippen molar-refractivity contribution in [2.24, 2.45) is 0 Å². The summed E-state index contributed by atoms with van der Waals surface area (Å²) in [6.07, 6.45) is 1.81. The number of amides is 1. The van der Waals surface area contributed by atoms with E-state index in [1.807, 2.05) is 44.2 Å². The maximum Gasteiger partial charge on any atom is 0.261 e. The van der Waals surface area contributed by atoms with Crippen molar-refractivity contribution in [3.8, 4) is 5.75 Å². The smallest absolute Gasteiger partial charge is 0.261 e. The highest BCUT2D eigenvalue weighted by molar-refractivity contribution is 9.10. The van der Waals surface area contributed by atoms with Gasteiger partial charge in [0.05, 0.1) is 23.3 Å². The third-order valence-electron chi connectivity index (χ3n) is 4.15. The Bertz CT molecular complexity index is 1030. The van der Waals surface area contributed by atoms with Crippen molar-refractivity contribution in [3.63, 3.8) is 0 Å². The minimum absolute atomic E-state index is 0.122. The van der Waals surface area contributed by atoms with E-state index < -0.39 is 0 Å². The number of benzene rings is 2. The van der Waals surface area contributed by atoms with Crippen LogP contribution in [0.5, 0.6) is 5.75 Å². The summed E-state index contributed by atoms with van der Waals surface area (Å²) in [5.41, 5.74) is 1.47. The lowest BCUT2D eigenvalue weighted by atomic mass is 10.2. The molecule has 0 aliphatic rings. The summed E-state index contributed by atoms with van der Waals surface area (Å²) in [7, 11) is 0. The van der Waals surface area contributed by atoms with Gasteiger partial charge in [-0.1, -0.05) is 28.1 Å². The Labute approximate surface area is 171 Å². The molecule has 3 rings (SSSR count). The number of ether oxygens (including phenoxy) is 1. The van der Waals surface area contributed by atoms with Gasteiger partial charge >= 0.3 is 0 Å². The zero-order valence-electron chi connectivity index (χ0n) is 15.8. The van der Waals surface area contributed by atoms with E-state index in [-0.39, 0.29) is 30.5 Å². The highest BCUT2D eigenvalue weighted by Gasteiger charge is 2.07. The monoisotopic (exact) mass is 443 g/mol. The third-order valence-corrected chi connectivity index (χ3v) is 4.64. The molecule has 28 heavy (non-hydrogen) atoms. The van der Waals surface area contributed by atoms with Gasteiger partial charge in [0.2, 0.25) is 5.91 Å². The van der Waals surface area contributed by atoms with Crippen LogP contribution >= 0.6 is 15.9 Å². The molecule has 0 saturated carbocycles. The topological polar surface area (TPSA) is 73.2 Å². The lowest BCUT2D eigenvalue weighted by molar-refractivity contribution is -0.121. The quantitative estimate of drug-likeness (QED) is 0.604. The van der Waals surface area contributed by atoms with E-state index in [0.717, 1.165) is 15.8 Å². The molecule has 146 valence electrons. The third kappa shape index (κ3) is 5.19. The number of aromatic nitrogens is 2. The first kappa shape index (κ1) is 20.1. The number of carbonyl (C=O) groups excluding carboxylic acids is 1. The van der Waals surface area contributed by atoms with E-state index in [4.69, 9.17) is 4.74 Å². The Balaban J connectivity index is 1.55. The molecular formula is C21H22BrN3O3. The van der Waals surface area contributed by atoms with Gasteiger partial charge in [-0.05, 0) is 49.7 Å². The van der Waals surface area contributed by atoms with Crippen LogP contribution in [0.2, 0.25) is 0 Å². The molecular weight excluding hydrogens is 422 g/mol. The maximum atomic E-state index is 12.5. The minimum atomic E-state index is -0.153. The maximum absolute atomic E-state index is 12.5. The summed E-state index contributed by atoms with van der Waals surface area (Å²) < 4.78 is 7.89. The second kappa shape index (κ2) is 9.01. The molecule has 0 fully saturated rings. The van der Waals surface area contributed by atoms with Gasteiger partial charge in [0, 0.05) is 24.0 Å². The van der Waals surface area contributed by atoms with Crippen LogP contribution in [0.4, 0.5) is 0 Å². The van der Waals surface area contributed by atoms with Crippen molar-refractivity contribution in [2.75, 3.05) is 0 Å². The summed E-state index contributed by atoms with van der Waals surface area (Å²) >= 11 is 3.36. The standard InChI is InChI=1S/C21H22BrN3O3/c1-14(2)28-17-6-3-15(4-7-17)12-23-20(26)9-10-25-13-24-19-8-5-16(22)11-18(19)21(25)27/h3-8,11,13-14H,9-10,12H2,1-2H3,(H,23,26). The molecule has 2 aromatic carbocycles. The Morgan fingerprint density at radius 2 is 1.96 bits per heavy atom. The second-order valence-corrected chi connectivity index (χ2v) is 7.66. The number of rotatable bonds is 7. The molecule has 1 aromatic heterocycles. The largest absolute Gasteiger partial charge is 0.491 e. The number of carbonyl (C=O) groups is 1. The van der Waals surface area contributed by atoms with Gasteiger partial charge in [-0.15, -0.1) is 0 Å². The first-order valence-corrected chi connectivity index (χ1v) is 9.88. The predicted molar refractivity (Wildman–Crippen MR) is 112 cm³/mol. The molecule has 1 amide bonds. The number of hydrogen-bond acceptors (Lipinski definition) is 4. The van der Waals surface area contributed by atoms with Crippen molar-refractivity contribution >= 4 is 32.7 Å². The van der Waals surface area contributed by atoms with Gasteiger partial charge in [-0.2, -0.15) is 0 Å². The van der Waals surface area contributed by atoms with Crippen LogP contribution in [-0.4, -0.2) is 21.6 Å². The van der Waals surface area contributed by atoms with E-state index in [1.54, 1.807) is 12.1 Å². The summed E-state index contributed by atoms with van der Waals surface area (Å²) in [6, 6.07) is 13.0. The molecule has 0 radical (unpaired) electrons. The van der Waals surface area contributed by atoms with Crippen LogP contribution in [-0.2, 0) is 17.9 Å². The Morgan fingerprint density at radius 3 is 2.68 bits per heavy atom. The first-order chi connectivity index (χ1) is 13.4. The SMILES string of the molecule is CC(C)Oc1ccc(CNC(=O)CCn2cnc3ccc(Br)cc3c2=O)cc1. The summed E-state index contributed by atoms with van der Waals surface area (Å²) in [4.78, 5) is 29.0. The fourth-order valence-corrected chi connectivity index (χ4v) is 3.12. The molecule has 0 atom stereocenters. The van der Waals surface area contributed by atoms with E-state index in [2.05, 4.69) is 26.2 Å². The van der Waals surface area contributed by atoms with E-state index in [0.29, 0.717) is 17.4 Å². The minimum Gasteiger partial charge on any atom is -0.491 e.